The zero-order valence-electron chi connectivity index (χ0n) is 23.4. The minimum absolute atomic E-state index is 0.0651. The number of hydrogen-bond acceptors (Lipinski definition) is 11. The Morgan fingerprint density at radius 3 is 1.64 bits per heavy atom. The Labute approximate surface area is 252 Å². The number of nitrogens with one attached hydrogen (secondary N) is 2. The normalized spacial score (nSPS) is 13.3. The van der Waals surface area contributed by atoms with E-state index in [9.17, 15) is 15.3 Å². The highest BCUT2D eigenvalue weighted by Gasteiger charge is 2.21. The summed E-state index contributed by atoms with van der Waals surface area (Å²) in [5, 5.41) is 40.6. The lowest BCUT2D eigenvalue weighted by Gasteiger charge is -2.16. The molecule has 0 bridgehead atoms. The Kier molecular flexibility index (Phi) is 8.50. The number of para-hydroxylation sites is 2. The number of hydrogen-bond donors (Lipinski definition) is 5. The summed E-state index contributed by atoms with van der Waals surface area (Å²) < 4.78 is 0. The first kappa shape index (κ1) is 28.5. The van der Waals surface area contributed by atoms with Crippen LogP contribution < -0.4 is 10.9 Å². The summed E-state index contributed by atoms with van der Waals surface area (Å²) in [4.78, 5) is 18.7. The van der Waals surface area contributed by atoms with Crippen LogP contribution in [0.15, 0.2) is 119 Å². The summed E-state index contributed by atoms with van der Waals surface area (Å²) in [6, 6.07) is 34.0. The molecule has 11 nitrogen and oxygen atoms in total. The van der Waals surface area contributed by atoms with E-state index in [1.165, 1.54) is 6.21 Å². The molecule has 0 saturated carbocycles. The topological polar surface area (TPSA) is 161 Å². The molecular formula is C33H28N8O3. The van der Waals surface area contributed by atoms with E-state index in [-0.39, 0.29) is 5.71 Å². The molecule has 0 spiro atoms. The van der Waals surface area contributed by atoms with Gasteiger partial charge < -0.3 is 15.3 Å². The maximum absolute atomic E-state index is 10.8. The van der Waals surface area contributed by atoms with E-state index in [0.29, 0.717) is 34.2 Å². The first-order valence-corrected chi connectivity index (χ1v) is 13.8. The first-order chi connectivity index (χ1) is 21.6. The molecule has 0 aliphatic rings. The molecule has 0 saturated heterocycles. The molecule has 44 heavy (non-hydrogen) atoms. The number of benzene rings is 4. The van der Waals surface area contributed by atoms with Crippen molar-refractivity contribution >= 4 is 45.4 Å². The molecule has 0 aliphatic carbocycles. The Bertz CT molecular complexity index is 1950. The fourth-order valence-electron chi connectivity index (χ4n) is 4.50. The zero-order chi connectivity index (χ0) is 30.3. The highest BCUT2D eigenvalue weighted by atomic mass is 16.4. The maximum Gasteiger partial charge on any atom is 0.162 e. The van der Waals surface area contributed by atoms with Crippen LogP contribution in [0.1, 0.15) is 0 Å². The van der Waals surface area contributed by atoms with Gasteiger partial charge in [-0.2, -0.15) is 10.2 Å². The van der Waals surface area contributed by atoms with Crippen molar-refractivity contribution < 1.29 is 15.3 Å². The largest absolute Gasteiger partial charge is 0.394 e. The van der Waals surface area contributed by atoms with Crippen LogP contribution in [-0.4, -0.2) is 66.0 Å². The monoisotopic (exact) mass is 584 g/mol. The average Bonchev–Trinajstić information content (AvgIpc) is 3.09. The Hall–Kier alpha value is -5.62. The lowest BCUT2D eigenvalue weighted by molar-refractivity contribution is 0.0193. The number of hydrazone groups is 2. The van der Waals surface area contributed by atoms with Crippen molar-refractivity contribution in [2.45, 2.75) is 12.2 Å². The molecule has 2 heterocycles. The second kappa shape index (κ2) is 13.1. The second-order valence-electron chi connectivity index (χ2n) is 9.77. The van der Waals surface area contributed by atoms with Crippen molar-refractivity contribution in [3.8, 4) is 22.8 Å². The summed E-state index contributed by atoms with van der Waals surface area (Å²) >= 11 is 0. The van der Waals surface area contributed by atoms with Gasteiger partial charge in [0.05, 0.1) is 23.9 Å². The summed E-state index contributed by atoms with van der Waals surface area (Å²) in [6.45, 7) is -0.687. The van der Waals surface area contributed by atoms with E-state index in [1.54, 1.807) is 0 Å². The van der Waals surface area contributed by atoms with Crippen molar-refractivity contribution in [1.82, 2.24) is 19.9 Å². The van der Waals surface area contributed by atoms with Gasteiger partial charge >= 0.3 is 0 Å². The molecule has 2 atom stereocenters. The molecule has 218 valence electrons. The SMILES string of the molecule is OC[C@@H](O)[C@@H](O)C(/C=N/Nc1nc(-c2ccccc2)nc2ccccc12)=N\Nc1nc(-c2ccccc2)nc2ccccc12. The van der Waals surface area contributed by atoms with Crippen molar-refractivity contribution in [2.24, 2.45) is 10.2 Å². The van der Waals surface area contributed by atoms with Gasteiger partial charge in [0.2, 0.25) is 0 Å². The lowest BCUT2D eigenvalue weighted by Crippen LogP contribution is -2.37. The quantitative estimate of drug-likeness (QED) is 0.115. The first-order valence-electron chi connectivity index (χ1n) is 13.8. The zero-order valence-corrected chi connectivity index (χ0v) is 23.4. The molecule has 0 unspecified atom stereocenters. The van der Waals surface area contributed by atoms with Crippen LogP contribution in [0, 0.1) is 0 Å². The Morgan fingerprint density at radius 2 is 1.11 bits per heavy atom. The predicted molar refractivity (Wildman–Crippen MR) is 172 cm³/mol. The minimum atomic E-state index is -1.57. The van der Waals surface area contributed by atoms with Gasteiger partial charge in [-0.1, -0.05) is 84.9 Å². The molecule has 2 aromatic heterocycles. The highest BCUT2D eigenvalue weighted by molar-refractivity contribution is 6.33. The summed E-state index contributed by atoms with van der Waals surface area (Å²) in [5.74, 6) is 1.82. The maximum atomic E-state index is 10.8. The molecule has 6 aromatic rings. The van der Waals surface area contributed by atoms with E-state index >= 15 is 0 Å². The Morgan fingerprint density at radius 1 is 0.636 bits per heavy atom. The molecule has 0 radical (unpaired) electrons. The summed E-state index contributed by atoms with van der Waals surface area (Å²) in [7, 11) is 0. The van der Waals surface area contributed by atoms with E-state index in [0.717, 1.165) is 22.0 Å². The van der Waals surface area contributed by atoms with Crippen LogP contribution in [0.25, 0.3) is 44.6 Å². The minimum Gasteiger partial charge on any atom is -0.394 e. The van der Waals surface area contributed by atoms with Gasteiger partial charge in [-0.25, -0.2) is 19.9 Å². The number of rotatable bonds is 10. The van der Waals surface area contributed by atoms with E-state index in [4.69, 9.17) is 0 Å². The highest BCUT2D eigenvalue weighted by Crippen LogP contribution is 2.26. The third-order valence-electron chi connectivity index (χ3n) is 6.78. The fraction of sp³-hybridized carbons (Fsp3) is 0.0909. The van der Waals surface area contributed by atoms with Gasteiger partial charge in [-0.3, -0.25) is 10.9 Å². The second-order valence-corrected chi connectivity index (χ2v) is 9.77. The number of fused-ring (bicyclic) bond motifs is 2. The predicted octanol–water partition coefficient (Wildman–Crippen LogP) is 4.49. The van der Waals surface area contributed by atoms with Crippen LogP contribution in [0.2, 0.25) is 0 Å². The molecule has 0 fully saturated rings. The van der Waals surface area contributed by atoms with Gasteiger partial charge in [0.1, 0.15) is 17.9 Å². The van der Waals surface area contributed by atoms with Crippen molar-refractivity contribution in [3.63, 3.8) is 0 Å². The smallest absolute Gasteiger partial charge is 0.162 e. The lowest BCUT2D eigenvalue weighted by atomic mass is 10.1. The van der Waals surface area contributed by atoms with Gasteiger partial charge in [-0.05, 0) is 24.3 Å². The fourth-order valence-corrected chi connectivity index (χ4v) is 4.50. The number of aromatic nitrogens is 4. The molecule has 4 aromatic carbocycles. The molecular weight excluding hydrogens is 556 g/mol. The molecule has 0 amide bonds. The van der Waals surface area contributed by atoms with Gasteiger partial charge in [0.15, 0.2) is 23.3 Å². The van der Waals surface area contributed by atoms with Crippen molar-refractivity contribution in [2.75, 3.05) is 17.5 Å². The van der Waals surface area contributed by atoms with Crippen LogP contribution >= 0.6 is 0 Å². The summed E-state index contributed by atoms with van der Waals surface area (Å²) in [5.41, 5.74) is 8.83. The average molecular weight is 585 g/mol. The van der Waals surface area contributed by atoms with Crippen molar-refractivity contribution in [1.29, 1.82) is 0 Å². The summed E-state index contributed by atoms with van der Waals surface area (Å²) in [6.07, 6.45) is -1.83. The number of anilines is 2. The van der Waals surface area contributed by atoms with Crippen molar-refractivity contribution in [3.05, 3.63) is 109 Å². The van der Waals surface area contributed by atoms with Gasteiger partial charge in [-0.15, -0.1) is 0 Å². The standard InChI is InChI=1S/C33H28N8O3/c42-20-28(43)29(44)27(39-41-33-24-16-8-10-18-26(24)36-31(38-33)22-13-5-2-6-14-22)19-34-40-32-23-15-7-9-17-25(23)35-30(37-32)21-11-3-1-4-12-21/h1-19,28-29,42-44H,20H2,(H,35,37,40)(H,36,38,41)/b34-19+,39-27-/t28-,29+/m1/s1. The molecule has 5 N–H and O–H groups in total. The van der Waals surface area contributed by atoms with Gasteiger partial charge in [0.25, 0.3) is 0 Å². The van der Waals surface area contributed by atoms with E-state index < -0.39 is 18.8 Å². The van der Waals surface area contributed by atoms with E-state index in [2.05, 4.69) is 41.0 Å². The van der Waals surface area contributed by atoms with Crippen LogP contribution in [0.3, 0.4) is 0 Å². The van der Waals surface area contributed by atoms with E-state index in [1.807, 2.05) is 109 Å². The molecule has 0 aliphatic heterocycles. The Balaban J connectivity index is 1.34. The van der Waals surface area contributed by atoms with Crippen LogP contribution in [0.5, 0.6) is 0 Å². The van der Waals surface area contributed by atoms with Gasteiger partial charge in [0, 0.05) is 21.9 Å². The number of aliphatic hydroxyl groups excluding tert-OH is 3. The van der Waals surface area contributed by atoms with Crippen LogP contribution in [0.4, 0.5) is 11.6 Å². The molecule has 11 heteroatoms. The third-order valence-corrected chi connectivity index (χ3v) is 6.78. The number of aliphatic hydroxyl groups is 3. The molecule has 6 rings (SSSR count). The number of nitrogens with zero attached hydrogens (tertiary/aromatic N) is 6. The van der Waals surface area contributed by atoms with Crippen LogP contribution in [-0.2, 0) is 0 Å². The third kappa shape index (κ3) is 6.25.